The molecule has 31 heavy (non-hydrogen) atoms. The van der Waals surface area contributed by atoms with Crippen molar-refractivity contribution < 1.29 is 19.1 Å². The SMILES string of the molecule is CCOC(=O)c1ccccc1N1C(=O)[C@H]2[C@H](C1=O)[C@H]1C=C[C@H]2C1=C(C)c1ccccc1. The van der Waals surface area contributed by atoms with Crippen LogP contribution in [-0.2, 0) is 14.3 Å². The molecule has 5 nitrogen and oxygen atoms in total. The van der Waals surface area contributed by atoms with Crippen molar-refractivity contribution in [3.05, 3.63) is 83.4 Å². The lowest BCUT2D eigenvalue weighted by molar-refractivity contribution is -0.122. The summed E-state index contributed by atoms with van der Waals surface area (Å²) >= 11 is 0. The van der Waals surface area contributed by atoms with Gasteiger partial charge in [-0.25, -0.2) is 9.69 Å². The number of esters is 1. The number of benzene rings is 2. The van der Waals surface area contributed by atoms with Crippen molar-refractivity contribution in [2.45, 2.75) is 13.8 Å². The average Bonchev–Trinajstić information content (AvgIpc) is 3.43. The van der Waals surface area contributed by atoms with Gasteiger partial charge in [0.1, 0.15) is 0 Å². The lowest BCUT2D eigenvalue weighted by Crippen LogP contribution is -2.34. The van der Waals surface area contributed by atoms with E-state index in [1.807, 2.05) is 18.2 Å². The molecule has 0 radical (unpaired) electrons. The number of nitrogens with zero attached hydrogens (tertiary/aromatic N) is 1. The molecule has 2 bridgehead atoms. The second kappa shape index (κ2) is 7.34. The fourth-order valence-electron chi connectivity index (χ4n) is 5.41. The van der Waals surface area contributed by atoms with Crippen LogP contribution in [0.25, 0.3) is 5.57 Å². The number of hydrogen-bond donors (Lipinski definition) is 0. The molecule has 2 amide bonds. The van der Waals surface area contributed by atoms with Gasteiger partial charge in [-0.3, -0.25) is 9.59 Å². The monoisotopic (exact) mass is 413 g/mol. The number of anilines is 1. The van der Waals surface area contributed by atoms with Crippen LogP contribution in [-0.4, -0.2) is 24.4 Å². The molecule has 0 unspecified atom stereocenters. The van der Waals surface area contributed by atoms with Crippen LogP contribution in [0.15, 0.2) is 72.3 Å². The highest BCUT2D eigenvalue weighted by Crippen LogP contribution is 2.58. The molecule has 3 aliphatic rings. The molecule has 2 aliphatic carbocycles. The first-order chi connectivity index (χ1) is 15.0. The van der Waals surface area contributed by atoms with Crippen LogP contribution in [0.5, 0.6) is 0 Å². The highest BCUT2D eigenvalue weighted by molar-refractivity contribution is 6.25. The second-order valence-electron chi connectivity index (χ2n) is 8.18. The standard InChI is InChI=1S/C26H23NO4/c1-3-31-26(30)17-11-7-8-12-20(17)27-24(28)22-18-13-14-19(23(22)25(27)29)21(18)15(2)16-9-5-4-6-10-16/h4-14,18-19,22-23H,3H2,1-2H3/t18-,19-,22+,23+/m0/s1. The van der Waals surface area contributed by atoms with Gasteiger partial charge in [0.05, 0.1) is 29.7 Å². The number of hydrogen-bond acceptors (Lipinski definition) is 4. The fourth-order valence-corrected chi connectivity index (χ4v) is 5.41. The summed E-state index contributed by atoms with van der Waals surface area (Å²) in [6.07, 6.45) is 4.14. The van der Waals surface area contributed by atoms with Crippen molar-refractivity contribution >= 4 is 29.0 Å². The molecule has 4 atom stereocenters. The number of fused-ring (bicyclic) bond motifs is 5. The summed E-state index contributed by atoms with van der Waals surface area (Å²) in [5, 5.41) is 0. The normalized spacial score (nSPS) is 25.9. The maximum atomic E-state index is 13.5. The lowest BCUT2D eigenvalue weighted by Gasteiger charge is -2.21. The fraction of sp³-hybridized carbons (Fsp3) is 0.269. The topological polar surface area (TPSA) is 63.7 Å². The van der Waals surface area contributed by atoms with Crippen molar-refractivity contribution in [2.75, 3.05) is 11.5 Å². The van der Waals surface area contributed by atoms with E-state index in [1.165, 1.54) is 10.5 Å². The molecule has 0 aromatic heterocycles. The van der Waals surface area contributed by atoms with Crippen molar-refractivity contribution in [1.29, 1.82) is 0 Å². The molecule has 1 aliphatic heterocycles. The zero-order valence-electron chi connectivity index (χ0n) is 17.4. The van der Waals surface area contributed by atoms with Crippen LogP contribution in [0.3, 0.4) is 0 Å². The molecule has 1 saturated carbocycles. The summed E-state index contributed by atoms with van der Waals surface area (Å²) in [6.45, 7) is 4.02. The molecular weight excluding hydrogens is 390 g/mol. The summed E-state index contributed by atoms with van der Waals surface area (Å²) in [6, 6.07) is 16.8. The third-order valence-electron chi connectivity index (χ3n) is 6.70. The van der Waals surface area contributed by atoms with Crippen LogP contribution in [0.1, 0.15) is 29.8 Å². The van der Waals surface area contributed by atoms with E-state index in [2.05, 4.69) is 31.2 Å². The molecule has 2 aromatic carbocycles. The Morgan fingerprint density at radius 2 is 1.48 bits per heavy atom. The number of amides is 2. The number of ether oxygens (including phenoxy) is 1. The minimum absolute atomic E-state index is 0.0913. The summed E-state index contributed by atoms with van der Waals surface area (Å²) in [4.78, 5) is 40.7. The average molecular weight is 413 g/mol. The van der Waals surface area contributed by atoms with Crippen molar-refractivity contribution in [1.82, 2.24) is 0 Å². The van der Waals surface area contributed by atoms with E-state index in [-0.39, 0.29) is 35.8 Å². The number of carbonyl (C=O) groups is 3. The number of rotatable bonds is 4. The zero-order chi connectivity index (χ0) is 21.7. The minimum Gasteiger partial charge on any atom is -0.462 e. The van der Waals surface area contributed by atoms with Crippen LogP contribution in [0, 0.1) is 23.7 Å². The zero-order valence-corrected chi connectivity index (χ0v) is 17.4. The van der Waals surface area contributed by atoms with Crippen LogP contribution in [0.2, 0.25) is 0 Å². The van der Waals surface area contributed by atoms with E-state index in [0.29, 0.717) is 5.69 Å². The molecule has 2 fully saturated rings. The summed E-state index contributed by atoms with van der Waals surface area (Å²) in [5.41, 5.74) is 3.97. The van der Waals surface area contributed by atoms with Gasteiger partial charge >= 0.3 is 5.97 Å². The second-order valence-corrected chi connectivity index (χ2v) is 8.18. The van der Waals surface area contributed by atoms with E-state index in [1.54, 1.807) is 31.2 Å². The Kier molecular flexibility index (Phi) is 4.62. The van der Waals surface area contributed by atoms with Gasteiger partial charge in [-0.15, -0.1) is 0 Å². The van der Waals surface area contributed by atoms with E-state index >= 15 is 0 Å². The van der Waals surface area contributed by atoms with Gasteiger partial charge < -0.3 is 4.74 Å². The predicted octanol–water partition coefficient (Wildman–Crippen LogP) is 4.26. The Morgan fingerprint density at radius 1 is 0.903 bits per heavy atom. The Labute approximate surface area is 181 Å². The van der Waals surface area contributed by atoms with E-state index in [4.69, 9.17) is 4.74 Å². The molecule has 0 N–H and O–H groups in total. The Hall–Kier alpha value is -3.47. The number of carbonyl (C=O) groups excluding carboxylic acids is 3. The van der Waals surface area contributed by atoms with Crippen molar-refractivity contribution in [3.8, 4) is 0 Å². The first kappa shape index (κ1) is 19.5. The largest absolute Gasteiger partial charge is 0.462 e. The summed E-state index contributed by atoms with van der Waals surface area (Å²) in [7, 11) is 0. The Bertz CT molecular complexity index is 1110. The minimum atomic E-state index is -0.530. The molecule has 1 saturated heterocycles. The molecule has 1 heterocycles. The smallest absolute Gasteiger partial charge is 0.340 e. The third-order valence-corrected chi connectivity index (χ3v) is 6.70. The van der Waals surface area contributed by atoms with Crippen LogP contribution in [0.4, 0.5) is 5.69 Å². The third kappa shape index (κ3) is 2.80. The first-order valence-electron chi connectivity index (χ1n) is 10.6. The molecule has 5 rings (SSSR count). The molecule has 0 spiro atoms. The van der Waals surface area contributed by atoms with E-state index < -0.39 is 17.8 Å². The van der Waals surface area contributed by atoms with Gasteiger partial charge in [0.15, 0.2) is 0 Å². The van der Waals surface area contributed by atoms with Crippen molar-refractivity contribution in [3.63, 3.8) is 0 Å². The van der Waals surface area contributed by atoms with Gasteiger partial charge in [-0.1, -0.05) is 60.2 Å². The van der Waals surface area contributed by atoms with Crippen molar-refractivity contribution in [2.24, 2.45) is 23.7 Å². The number of imide groups is 1. The predicted molar refractivity (Wildman–Crippen MR) is 117 cm³/mol. The lowest BCUT2D eigenvalue weighted by atomic mass is 9.85. The van der Waals surface area contributed by atoms with E-state index in [0.717, 1.165) is 11.1 Å². The van der Waals surface area contributed by atoms with Gasteiger partial charge in [0.2, 0.25) is 11.8 Å². The molecular formula is C26H23NO4. The van der Waals surface area contributed by atoms with Crippen LogP contribution < -0.4 is 4.90 Å². The van der Waals surface area contributed by atoms with Gasteiger partial charge in [0, 0.05) is 11.8 Å². The van der Waals surface area contributed by atoms with Gasteiger partial charge in [-0.2, -0.15) is 0 Å². The van der Waals surface area contributed by atoms with E-state index in [9.17, 15) is 14.4 Å². The molecule has 5 heteroatoms. The Morgan fingerprint density at radius 3 is 2.10 bits per heavy atom. The highest BCUT2D eigenvalue weighted by Gasteiger charge is 2.62. The maximum Gasteiger partial charge on any atom is 0.340 e. The maximum absolute atomic E-state index is 13.5. The molecule has 2 aromatic rings. The molecule has 156 valence electrons. The van der Waals surface area contributed by atoms with Gasteiger partial charge in [-0.05, 0) is 37.1 Å². The number of para-hydroxylation sites is 1. The Balaban J connectivity index is 1.54. The number of allylic oxidation sites excluding steroid dienone is 4. The summed E-state index contributed by atoms with van der Waals surface area (Å²) < 4.78 is 5.14. The van der Waals surface area contributed by atoms with Crippen LogP contribution >= 0.6 is 0 Å². The first-order valence-corrected chi connectivity index (χ1v) is 10.6. The summed E-state index contributed by atoms with van der Waals surface area (Å²) in [5.74, 6) is -2.03. The van der Waals surface area contributed by atoms with Gasteiger partial charge in [0.25, 0.3) is 0 Å². The quantitative estimate of drug-likeness (QED) is 0.427. The highest BCUT2D eigenvalue weighted by atomic mass is 16.5.